The molecule has 28 heavy (non-hydrogen) atoms. The molecule has 1 fully saturated rings. The molecule has 4 N–H and O–H groups in total. The summed E-state index contributed by atoms with van der Waals surface area (Å²) in [6, 6.07) is 4.29. The van der Waals surface area contributed by atoms with Crippen LogP contribution in [0.5, 0.6) is 5.75 Å². The summed E-state index contributed by atoms with van der Waals surface area (Å²) in [7, 11) is 0. The van der Waals surface area contributed by atoms with Crippen LogP contribution in [0.3, 0.4) is 0 Å². The molecule has 7 heteroatoms. The fourth-order valence-corrected chi connectivity index (χ4v) is 3.15. The molecule has 0 spiro atoms. The van der Waals surface area contributed by atoms with Gasteiger partial charge >= 0.3 is 0 Å². The van der Waals surface area contributed by atoms with Crippen molar-refractivity contribution in [1.82, 2.24) is 0 Å². The van der Waals surface area contributed by atoms with E-state index in [9.17, 15) is 20.4 Å². The zero-order valence-corrected chi connectivity index (χ0v) is 15.3. The van der Waals surface area contributed by atoms with Crippen molar-refractivity contribution in [1.29, 1.82) is 0 Å². The standard InChI is InChI=1S/C21H25ClO6/c1-2-27-15-6-3-12(4-7-15)9-14-10-13(5-8-16(14)22)21-20(26)19(25)18(24)17(11-23)28-21/h3-8,10,17-21,23-26H,2,9,11H2,1H3/t17-,18-,19+,20-,21+/m1/s1/i1D3,2D2,5D,8D,10D. The smallest absolute Gasteiger partial charge is 0.119 e. The average Bonchev–Trinajstić information content (AvgIpc) is 2.80. The highest BCUT2D eigenvalue weighted by atomic mass is 35.5. The third-order valence-electron chi connectivity index (χ3n) is 4.51. The van der Waals surface area contributed by atoms with Crippen LogP contribution < -0.4 is 4.74 Å². The van der Waals surface area contributed by atoms with Gasteiger partial charge in [-0.05, 0) is 48.1 Å². The van der Waals surface area contributed by atoms with E-state index in [1.54, 1.807) is 0 Å². The van der Waals surface area contributed by atoms with Crippen molar-refractivity contribution in [2.75, 3.05) is 13.2 Å². The van der Waals surface area contributed by atoms with Gasteiger partial charge in [0.25, 0.3) is 0 Å². The summed E-state index contributed by atoms with van der Waals surface area (Å²) < 4.78 is 72.4. The van der Waals surface area contributed by atoms with Crippen molar-refractivity contribution in [2.24, 2.45) is 0 Å². The fourth-order valence-electron chi connectivity index (χ4n) is 2.99. The minimum atomic E-state index is -3.01. The molecule has 0 amide bonds. The van der Waals surface area contributed by atoms with Gasteiger partial charge in [0, 0.05) is 9.13 Å². The van der Waals surface area contributed by atoms with Crippen molar-refractivity contribution in [3.8, 4) is 5.75 Å². The number of rotatable bonds is 6. The summed E-state index contributed by atoms with van der Waals surface area (Å²) in [6.45, 7) is -6.64. The average molecular weight is 417 g/mol. The van der Waals surface area contributed by atoms with E-state index in [-0.39, 0.29) is 34.4 Å². The lowest BCUT2D eigenvalue weighted by atomic mass is 9.90. The molecule has 0 aromatic heterocycles. The molecule has 1 aliphatic rings. The lowest BCUT2D eigenvalue weighted by molar-refractivity contribution is -0.231. The van der Waals surface area contributed by atoms with Crippen LogP contribution in [0.25, 0.3) is 0 Å². The minimum Gasteiger partial charge on any atom is -0.494 e. The van der Waals surface area contributed by atoms with Crippen LogP contribution in [-0.2, 0) is 11.2 Å². The van der Waals surface area contributed by atoms with E-state index in [4.69, 9.17) is 32.0 Å². The molecule has 5 atom stereocenters. The quantitative estimate of drug-likeness (QED) is 0.573. The number of hydrogen-bond acceptors (Lipinski definition) is 6. The molecule has 152 valence electrons. The normalized spacial score (nSPS) is 32.7. The molecule has 0 radical (unpaired) electrons. The summed E-state index contributed by atoms with van der Waals surface area (Å²) >= 11 is 6.28. The SMILES string of the molecule is [2H]c1c([2H])c([C@@H]2O[C@H](CO)[C@@H](O)[C@H](O)[C@H]2O)c([2H])c(Cc2ccc(OC([2H])([2H])C([2H])([2H])[2H])cc2)c1Cl. The zero-order valence-electron chi connectivity index (χ0n) is 22.6. The first-order chi connectivity index (χ1) is 16.6. The van der Waals surface area contributed by atoms with Crippen LogP contribution in [0.2, 0.25) is 5.02 Å². The van der Waals surface area contributed by atoms with Crippen molar-refractivity contribution < 1.29 is 40.9 Å². The second-order valence-electron chi connectivity index (χ2n) is 6.36. The molecule has 0 bridgehead atoms. The Morgan fingerprint density at radius 3 is 2.61 bits per heavy atom. The Bertz CT molecular complexity index is 1100. The molecule has 2 aromatic rings. The Kier molecular flexibility index (Phi) is 4.21. The van der Waals surface area contributed by atoms with Crippen molar-refractivity contribution >= 4 is 11.6 Å². The topological polar surface area (TPSA) is 99.4 Å². The van der Waals surface area contributed by atoms with E-state index in [0.717, 1.165) is 0 Å². The zero-order chi connectivity index (χ0) is 27.2. The predicted molar refractivity (Wildman–Crippen MR) is 105 cm³/mol. The maximum atomic E-state index is 10.5. The van der Waals surface area contributed by atoms with E-state index in [0.29, 0.717) is 5.56 Å². The van der Waals surface area contributed by atoms with Crippen LogP contribution in [0, 0.1) is 0 Å². The third-order valence-corrected chi connectivity index (χ3v) is 4.83. The summed E-state index contributed by atoms with van der Waals surface area (Å²) in [5.74, 6) is -0.0539. The van der Waals surface area contributed by atoms with Gasteiger partial charge in [-0.25, -0.2) is 0 Å². The van der Waals surface area contributed by atoms with E-state index < -0.39 is 62.6 Å². The molecular formula is C21H25ClO6. The Labute approximate surface area is 180 Å². The molecule has 0 aliphatic carbocycles. The number of ether oxygens (including phenoxy) is 2. The van der Waals surface area contributed by atoms with Crippen molar-refractivity contribution in [3.05, 3.63) is 64.1 Å². The summed E-state index contributed by atoms with van der Waals surface area (Å²) in [6.07, 6.45) is -7.95. The molecule has 0 saturated carbocycles. The number of benzene rings is 2. The van der Waals surface area contributed by atoms with Crippen LogP contribution in [0.1, 0.15) is 40.6 Å². The van der Waals surface area contributed by atoms with Crippen molar-refractivity contribution in [3.63, 3.8) is 0 Å². The predicted octanol–water partition coefficient (Wildman–Crippen LogP) is 1.84. The lowest BCUT2D eigenvalue weighted by Gasteiger charge is -2.40. The van der Waals surface area contributed by atoms with Crippen LogP contribution in [0.15, 0.2) is 42.4 Å². The highest BCUT2D eigenvalue weighted by Gasteiger charge is 2.43. The van der Waals surface area contributed by atoms with Gasteiger partial charge in [0.05, 0.1) is 20.0 Å². The van der Waals surface area contributed by atoms with Crippen LogP contribution in [0.4, 0.5) is 0 Å². The van der Waals surface area contributed by atoms with E-state index in [1.165, 1.54) is 24.3 Å². The summed E-state index contributed by atoms with van der Waals surface area (Å²) in [5.41, 5.74) is 0.363. The Morgan fingerprint density at radius 1 is 1.18 bits per heavy atom. The molecule has 1 saturated heterocycles. The van der Waals surface area contributed by atoms with Crippen LogP contribution in [-0.4, -0.2) is 58.0 Å². The van der Waals surface area contributed by atoms with E-state index >= 15 is 0 Å². The van der Waals surface area contributed by atoms with E-state index in [1.807, 2.05) is 0 Å². The van der Waals surface area contributed by atoms with E-state index in [2.05, 4.69) is 0 Å². The van der Waals surface area contributed by atoms with Gasteiger partial charge < -0.3 is 29.9 Å². The molecule has 0 unspecified atom stereocenters. The highest BCUT2D eigenvalue weighted by molar-refractivity contribution is 6.31. The second kappa shape index (κ2) is 9.22. The largest absolute Gasteiger partial charge is 0.494 e. The fraction of sp³-hybridized carbons (Fsp3) is 0.429. The van der Waals surface area contributed by atoms with Gasteiger partial charge in [-0.1, -0.05) is 35.8 Å². The highest BCUT2D eigenvalue weighted by Crippen LogP contribution is 2.34. The molecule has 2 aromatic carbocycles. The summed E-state index contributed by atoms with van der Waals surface area (Å²) in [5, 5.41) is 39.9. The Hall–Kier alpha value is -1.67. The summed E-state index contributed by atoms with van der Waals surface area (Å²) in [4.78, 5) is 0. The van der Waals surface area contributed by atoms with Gasteiger partial charge in [0.15, 0.2) is 0 Å². The first kappa shape index (κ1) is 12.8. The Balaban J connectivity index is 1.96. The molecule has 1 heterocycles. The minimum absolute atomic E-state index is 0.0410. The van der Waals surface area contributed by atoms with Crippen LogP contribution >= 0.6 is 11.6 Å². The van der Waals surface area contributed by atoms with Gasteiger partial charge in [-0.15, -0.1) is 0 Å². The van der Waals surface area contributed by atoms with Crippen molar-refractivity contribution in [2.45, 2.75) is 43.8 Å². The lowest BCUT2D eigenvalue weighted by Crippen LogP contribution is -2.55. The molecule has 1 aliphatic heterocycles. The number of aliphatic hydroxyl groups is 4. The van der Waals surface area contributed by atoms with Gasteiger partial charge in [0.1, 0.15) is 36.3 Å². The third kappa shape index (κ3) is 4.49. The first-order valence-corrected chi connectivity index (χ1v) is 8.85. The Morgan fingerprint density at radius 2 is 1.93 bits per heavy atom. The number of hydrogen-bond donors (Lipinski definition) is 4. The maximum absolute atomic E-state index is 10.5. The monoisotopic (exact) mass is 416 g/mol. The maximum Gasteiger partial charge on any atom is 0.119 e. The number of halogens is 1. The van der Waals surface area contributed by atoms with Gasteiger partial charge in [0.2, 0.25) is 0 Å². The first-order valence-electron chi connectivity index (χ1n) is 12.5. The van der Waals surface area contributed by atoms with Gasteiger partial charge in [-0.3, -0.25) is 0 Å². The molecular weight excluding hydrogens is 384 g/mol. The molecule has 6 nitrogen and oxygen atoms in total. The molecule has 3 rings (SSSR count). The number of aliphatic hydroxyl groups excluding tert-OH is 4. The second-order valence-corrected chi connectivity index (χ2v) is 6.73. The van der Waals surface area contributed by atoms with Gasteiger partial charge in [-0.2, -0.15) is 0 Å².